The monoisotopic (exact) mass is 407 g/mol. The van der Waals surface area contributed by atoms with Gasteiger partial charge in [0.05, 0.1) is 30.5 Å². The molecule has 0 unspecified atom stereocenters. The van der Waals surface area contributed by atoms with Crippen molar-refractivity contribution in [3.63, 3.8) is 0 Å². The van der Waals surface area contributed by atoms with Crippen LogP contribution in [0.5, 0.6) is 0 Å². The number of benzene rings is 1. The van der Waals surface area contributed by atoms with E-state index in [9.17, 15) is 14.0 Å². The summed E-state index contributed by atoms with van der Waals surface area (Å²) >= 11 is 2.32. The highest BCUT2D eigenvalue weighted by Crippen LogP contribution is 2.22. The Hall–Kier alpha value is -2.79. The Morgan fingerprint density at radius 1 is 1.33 bits per heavy atom. The van der Waals surface area contributed by atoms with Gasteiger partial charge in [-0.05, 0) is 12.1 Å². The second kappa shape index (κ2) is 8.73. The molecule has 3 rings (SSSR count). The number of thioether (sulfide) groups is 1. The van der Waals surface area contributed by atoms with Gasteiger partial charge >= 0.3 is 5.97 Å². The van der Waals surface area contributed by atoms with Gasteiger partial charge in [0.1, 0.15) is 5.82 Å². The average Bonchev–Trinajstić information content (AvgIpc) is 3.30. The minimum Gasteiger partial charge on any atom is -0.469 e. The molecule has 2 heterocycles. The second-order valence-electron chi connectivity index (χ2n) is 5.18. The Morgan fingerprint density at radius 2 is 2.15 bits per heavy atom. The zero-order chi connectivity index (χ0) is 19.2. The third kappa shape index (κ3) is 5.11. The fourth-order valence-corrected chi connectivity index (χ4v) is 3.36. The lowest BCUT2D eigenvalue weighted by atomic mass is 10.2. The molecule has 0 saturated heterocycles. The van der Waals surface area contributed by atoms with Crippen LogP contribution in [0.2, 0.25) is 0 Å². The fourth-order valence-electron chi connectivity index (χ4n) is 2.04. The van der Waals surface area contributed by atoms with Crippen molar-refractivity contribution >= 4 is 40.1 Å². The molecular formula is C16H14FN5O3S2. The quantitative estimate of drug-likeness (QED) is 0.457. The summed E-state index contributed by atoms with van der Waals surface area (Å²) in [4.78, 5) is 31.6. The number of aromatic amines is 1. The molecule has 0 fully saturated rings. The fraction of sp³-hybridized carbons (Fsp3) is 0.188. The number of esters is 1. The van der Waals surface area contributed by atoms with Gasteiger partial charge in [-0.2, -0.15) is 0 Å². The van der Waals surface area contributed by atoms with E-state index in [1.54, 1.807) is 23.6 Å². The van der Waals surface area contributed by atoms with Crippen molar-refractivity contribution in [2.75, 3.05) is 18.2 Å². The van der Waals surface area contributed by atoms with E-state index in [0.29, 0.717) is 27.4 Å². The predicted octanol–water partition coefficient (Wildman–Crippen LogP) is 2.51. The molecule has 3 aromatic rings. The lowest BCUT2D eigenvalue weighted by molar-refractivity contribution is -0.139. The first-order valence-corrected chi connectivity index (χ1v) is 9.53. The Kier molecular flexibility index (Phi) is 6.14. The number of methoxy groups -OCH3 is 1. The number of carbonyl (C=O) groups excluding carboxylic acids is 2. The molecule has 1 amide bonds. The van der Waals surface area contributed by atoms with E-state index in [-0.39, 0.29) is 18.1 Å². The normalized spacial score (nSPS) is 10.6. The zero-order valence-electron chi connectivity index (χ0n) is 14.1. The van der Waals surface area contributed by atoms with E-state index < -0.39 is 11.8 Å². The van der Waals surface area contributed by atoms with Crippen LogP contribution in [0.25, 0.3) is 11.4 Å². The van der Waals surface area contributed by atoms with E-state index in [0.717, 1.165) is 11.8 Å². The van der Waals surface area contributed by atoms with Gasteiger partial charge < -0.3 is 10.1 Å². The molecule has 2 N–H and O–H groups in total. The van der Waals surface area contributed by atoms with Crippen LogP contribution in [-0.4, -0.2) is 44.9 Å². The maximum absolute atomic E-state index is 13.8. The van der Waals surface area contributed by atoms with E-state index >= 15 is 0 Å². The topological polar surface area (TPSA) is 110 Å². The molecule has 2 aromatic heterocycles. The van der Waals surface area contributed by atoms with Gasteiger partial charge in [-0.3, -0.25) is 14.7 Å². The van der Waals surface area contributed by atoms with Gasteiger partial charge in [0.25, 0.3) is 0 Å². The number of amides is 1. The summed E-state index contributed by atoms with van der Waals surface area (Å²) in [5, 5.41) is 11.7. The zero-order valence-corrected chi connectivity index (χ0v) is 15.7. The van der Waals surface area contributed by atoms with Crippen molar-refractivity contribution in [1.29, 1.82) is 0 Å². The molecule has 0 aliphatic heterocycles. The van der Waals surface area contributed by atoms with Crippen LogP contribution < -0.4 is 5.32 Å². The van der Waals surface area contributed by atoms with E-state index in [2.05, 4.69) is 30.2 Å². The Labute approximate surface area is 161 Å². The number of nitrogens with zero attached hydrogens (tertiary/aromatic N) is 3. The van der Waals surface area contributed by atoms with Gasteiger partial charge in [0, 0.05) is 5.38 Å². The molecule has 11 heteroatoms. The number of hydrogen-bond donors (Lipinski definition) is 2. The van der Waals surface area contributed by atoms with Crippen LogP contribution in [0.15, 0.2) is 34.8 Å². The predicted molar refractivity (Wildman–Crippen MR) is 99.0 cm³/mol. The first-order chi connectivity index (χ1) is 13.0. The van der Waals surface area contributed by atoms with Crippen molar-refractivity contribution in [2.45, 2.75) is 11.6 Å². The smallest absolute Gasteiger partial charge is 0.311 e. The van der Waals surface area contributed by atoms with E-state index in [1.165, 1.54) is 24.5 Å². The number of H-pyrrole nitrogens is 1. The number of ether oxygens (including phenoxy) is 1. The van der Waals surface area contributed by atoms with Crippen molar-refractivity contribution in [2.24, 2.45) is 0 Å². The SMILES string of the molecule is COC(=O)Cc1csc(NC(=O)CSc2n[nH]c(-c3ccccc3F)n2)n1. The third-order valence-electron chi connectivity index (χ3n) is 3.28. The highest BCUT2D eigenvalue weighted by atomic mass is 32.2. The van der Waals surface area contributed by atoms with Gasteiger partial charge in [-0.15, -0.1) is 16.4 Å². The van der Waals surface area contributed by atoms with Crippen LogP contribution in [0.4, 0.5) is 9.52 Å². The molecule has 140 valence electrons. The van der Waals surface area contributed by atoms with Gasteiger partial charge in [-0.1, -0.05) is 23.9 Å². The van der Waals surface area contributed by atoms with Gasteiger partial charge in [0.2, 0.25) is 11.1 Å². The molecule has 0 spiro atoms. The Balaban J connectivity index is 1.53. The van der Waals surface area contributed by atoms with E-state index in [4.69, 9.17) is 0 Å². The van der Waals surface area contributed by atoms with Gasteiger partial charge in [-0.25, -0.2) is 14.4 Å². The molecule has 0 radical (unpaired) electrons. The summed E-state index contributed by atoms with van der Waals surface area (Å²) in [6.07, 6.45) is 0.0492. The highest BCUT2D eigenvalue weighted by Gasteiger charge is 2.13. The summed E-state index contributed by atoms with van der Waals surface area (Å²) < 4.78 is 18.3. The van der Waals surface area contributed by atoms with Crippen LogP contribution >= 0.6 is 23.1 Å². The second-order valence-corrected chi connectivity index (χ2v) is 6.98. The maximum atomic E-state index is 13.8. The molecule has 0 atom stereocenters. The first-order valence-electron chi connectivity index (χ1n) is 7.66. The largest absolute Gasteiger partial charge is 0.469 e. The first kappa shape index (κ1) is 19.0. The lowest BCUT2D eigenvalue weighted by Crippen LogP contribution is -2.14. The molecule has 8 nitrogen and oxygen atoms in total. The summed E-state index contributed by atoms with van der Waals surface area (Å²) in [6.45, 7) is 0. The van der Waals surface area contributed by atoms with Crippen molar-refractivity contribution in [1.82, 2.24) is 20.2 Å². The van der Waals surface area contributed by atoms with Crippen LogP contribution in [0.3, 0.4) is 0 Å². The Bertz CT molecular complexity index is 959. The molecule has 1 aromatic carbocycles. The summed E-state index contributed by atoms with van der Waals surface area (Å²) in [5.41, 5.74) is 0.834. The minimum absolute atomic E-state index is 0.0492. The molecular weight excluding hydrogens is 393 g/mol. The van der Waals surface area contributed by atoms with Crippen LogP contribution in [0.1, 0.15) is 5.69 Å². The maximum Gasteiger partial charge on any atom is 0.311 e. The van der Waals surface area contributed by atoms with Crippen LogP contribution in [0, 0.1) is 5.82 Å². The standard InChI is InChI=1S/C16H14FN5O3S2/c1-25-13(24)6-9-7-26-15(18-9)19-12(23)8-27-16-20-14(21-22-16)10-4-2-3-5-11(10)17/h2-5,7H,6,8H2,1H3,(H,18,19,23)(H,20,21,22). The molecule has 0 aliphatic carbocycles. The number of anilines is 1. The number of carbonyl (C=O) groups is 2. The van der Waals surface area contributed by atoms with Crippen molar-refractivity contribution in [3.05, 3.63) is 41.2 Å². The third-order valence-corrected chi connectivity index (χ3v) is 4.93. The number of hydrogen-bond acceptors (Lipinski definition) is 8. The summed E-state index contributed by atoms with van der Waals surface area (Å²) in [5.74, 6) is -0.751. The lowest BCUT2D eigenvalue weighted by Gasteiger charge is -1.99. The van der Waals surface area contributed by atoms with E-state index in [1.807, 2.05) is 0 Å². The highest BCUT2D eigenvalue weighted by molar-refractivity contribution is 7.99. The molecule has 0 aliphatic rings. The minimum atomic E-state index is -0.408. The number of nitrogens with one attached hydrogen (secondary N) is 2. The summed E-state index contributed by atoms with van der Waals surface area (Å²) in [6, 6.07) is 6.21. The molecule has 27 heavy (non-hydrogen) atoms. The number of rotatable bonds is 7. The average molecular weight is 407 g/mol. The number of halogens is 1. The van der Waals surface area contributed by atoms with Crippen LogP contribution in [-0.2, 0) is 20.7 Å². The van der Waals surface area contributed by atoms with Crippen molar-refractivity contribution < 1.29 is 18.7 Å². The van der Waals surface area contributed by atoms with Crippen molar-refractivity contribution in [3.8, 4) is 11.4 Å². The van der Waals surface area contributed by atoms with Gasteiger partial charge in [0.15, 0.2) is 11.0 Å². The molecule has 0 bridgehead atoms. The molecule has 0 saturated carbocycles. The number of thiazole rings is 1. The summed E-state index contributed by atoms with van der Waals surface area (Å²) in [7, 11) is 1.30. The number of aromatic nitrogens is 4. The Morgan fingerprint density at radius 3 is 2.93 bits per heavy atom.